The number of halogens is 1. The van der Waals surface area contributed by atoms with Gasteiger partial charge in [-0.25, -0.2) is 0 Å². The van der Waals surface area contributed by atoms with Crippen LogP contribution in [-0.2, 0) is 14.3 Å². The second kappa shape index (κ2) is 16.4. The first-order valence-electron chi connectivity index (χ1n) is 11.8. The second-order valence-electron chi connectivity index (χ2n) is 9.58. The maximum Gasteiger partial charge on any atom is 0.252 e. The summed E-state index contributed by atoms with van der Waals surface area (Å²) >= 11 is 6.42. The molecule has 0 radical (unpaired) electrons. The lowest BCUT2D eigenvalue weighted by Crippen LogP contribution is -2.55. The third-order valence-corrected chi connectivity index (χ3v) is 7.70. The van der Waals surface area contributed by atoms with Gasteiger partial charge < -0.3 is 15.0 Å². The zero-order valence-electron chi connectivity index (χ0n) is 21.5. The van der Waals surface area contributed by atoms with Crippen LogP contribution in [0.2, 0.25) is 0 Å². The first-order valence-corrected chi connectivity index (χ1v) is 12.2. The molecule has 3 fully saturated rings. The predicted molar refractivity (Wildman–Crippen MR) is 176 cm³/mol. The Hall–Kier alpha value is -1.03. The van der Waals surface area contributed by atoms with Crippen LogP contribution in [0.5, 0.6) is 0 Å². The van der Waals surface area contributed by atoms with Gasteiger partial charge in [-0.3, -0.25) is 19.0 Å². The van der Waals surface area contributed by atoms with E-state index < -0.39 is 23.6 Å². The molecule has 1 saturated carbocycles. The molecule has 3 aliphatic rings. The molecule has 0 unspecified atom stereocenters. The molecule has 0 spiro atoms. The van der Waals surface area contributed by atoms with E-state index in [2.05, 4.69) is 22.4 Å². The topological polar surface area (TPSA) is 106 Å². The van der Waals surface area contributed by atoms with Gasteiger partial charge >= 0.3 is 0 Å². The van der Waals surface area contributed by atoms with Crippen LogP contribution in [0.3, 0.4) is 0 Å². The number of nitrogens with zero attached hydrogens (tertiary/aromatic N) is 4. The number of ether oxygens (including phenoxy) is 1. The highest BCUT2D eigenvalue weighted by Crippen LogP contribution is 2.35. The van der Waals surface area contributed by atoms with Crippen molar-refractivity contribution in [2.75, 3.05) is 13.2 Å². The molecular weight excluding hydrogens is 618 g/mol. The zero-order chi connectivity index (χ0) is 23.8. The molecule has 220 valence electrons. The second-order valence-corrected chi connectivity index (χ2v) is 10.1. The number of hydrogen-bond acceptors (Lipinski definition) is 6. The Kier molecular flexibility index (Phi) is 16.0. The molecule has 0 bridgehead atoms. The maximum absolute atomic E-state index is 13.8. The Morgan fingerprint density at radius 3 is 2.33 bits per heavy atom. The maximum atomic E-state index is 13.8. The lowest BCUT2D eigenvalue weighted by atomic mass is 9.78. The molecule has 39 heavy (non-hydrogen) atoms. The molecule has 9 nitrogen and oxygen atoms in total. The van der Waals surface area contributed by atoms with Crippen LogP contribution in [0.25, 0.3) is 5.69 Å². The van der Waals surface area contributed by atoms with Crippen LogP contribution in [-0.4, -0.2) is 74.0 Å². The first-order chi connectivity index (χ1) is 16.4. The van der Waals surface area contributed by atoms with Crippen molar-refractivity contribution in [3.05, 3.63) is 42.5 Å². The van der Waals surface area contributed by atoms with Crippen LogP contribution in [0.15, 0.2) is 36.9 Å². The zero-order valence-corrected chi connectivity index (χ0v) is 27.2. The number of aromatic nitrogens is 3. The summed E-state index contributed by atoms with van der Waals surface area (Å²) in [6.07, 6.45) is 6.31. The van der Waals surface area contributed by atoms with Gasteiger partial charge in [0.05, 0.1) is 5.38 Å². The van der Waals surface area contributed by atoms with E-state index in [0.717, 1.165) is 31.4 Å². The number of Topliss-reactive ketones (excluding diaryl/α,β-unsaturated/α-hetero) is 1. The fourth-order valence-corrected chi connectivity index (χ4v) is 5.73. The summed E-state index contributed by atoms with van der Waals surface area (Å²) in [6, 6.07) is 5.67. The van der Waals surface area contributed by atoms with Crippen molar-refractivity contribution in [2.45, 2.75) is 56.2 Å². The summed E-state index contributed by atoms with van der Waals surface area (Å²) in [5.41, 5.74) is 1.18. The summed E-state index contributed by atoms with van der Waals surface area (Å²) in [5.74, 6) is -0.125. The van der Waals surface area contributed by atoms with Gasteiger partial charge in [0, 0.05) is 17.8 Å². The molecule has 1 aromatic heterocycles. The highest BCUT2D eigenvalue weighted by atomic mass is 35.5. The van der Waals surface area contributed by atoms with Crippen LogP contribution >= 0.6 is 79.1 Å². The Balaban J connectivity index is 0.00000289. The summed E-state index contributed by atoms with van der Waals surface area (Å²) in [5, 5.41) is 10.2. The van der Waals surface area contributed by atoms with E-state index in [1.165, 1.54) is 4.90 Å². The minimum atomic E-state index is -0.727. The molecule has 3 heterocycles. The van der Waals surface area contributed by atoms with E-state index in [9.17, 15) is 14.4 Å². The number of benzene rings is 1. The van der Waals surface area contributed by atoms with E-state index in [1.807, 2.05) is 6.07 Å². The average Bonchev–Trinajstić information content (AvgIpc) is 3.58. The smallest absolute Gasteiger partial charge is 0.252 e. The number of ketones is 1. The van der Waals surface area contributed by atoms with Crippen molar-refractivity contribution in [1.29, 1.82) is 0 Å². The summed E-state index contributed by atoms with van der Waals surface area (Å²) in [7, 11) is 0. The molecule has 2 saturated heterocycles. The van der Waals surface area contributed by atoms with Gasteiger partial charge in [0.15, 0.2) is 5.78 Å². The van der Waals surface area contributed by atoms with Gasteiger partial charge in [-0.2, -0.15) is 67.5 Å². The molecule has 2 aliphatic heterocycles. The third-order valence-electron chi connectivity index (χ3n) is 7.32. The predicted octanol–water partition coefficient (Wildman–Crippen LogP) is 2.54. The van der Waals surface area contributed by atoms with Crippen LogP contribution < -0.4 is 5.32 Å². The van der Waals surface area contributed by atoms with Crippen molar-refractivity contribution < 1.29 is 19.1 Å². The van der Waals surface area contributed by atoms with E-state index >= 15 is 0 Å². The fourth-order valence-electron chi connectivity index (χ4n) is 5.37. The molecule has 1 aromatic carbocycles. The molecule has 2 aromatic rings. The van der Waals surface area contributed by atoms with Gasteiger partial charge in [-0.1, -0.05) is 25.8 Å². The molecule has 15 heteroatoms. The van der Waals surface area contributed by atoms with Crippen molar-refractivity contribution >= 4 is 96.7 Å². The van der Waals surface area contributed by atoms with Crippen molar-refractivity contribution in [1.82, 2.24) is 25.0 Å². The fraction of sp³-hybridized carbons (Fsp3) is 0.542. The summed E-state index contributed by atoms with van der Waals surface area (Å²) < 4.78 is 7.25. The standard InChI is InChI=1S/C24H28ClN5O4.5H2S/c1-14-5-7-15(8-6-14)20(24(33)30-10-18(25)22-21(30)19(31)11-34-22)28-23(32)16-3-2-4-17(9-16)29-12-26-27-13-29;;;;;/h2-4,9,12-15,18,20-22H,5-8,10-11H2,1H3,(H,28,32);5*1H2/t14?,15?,18-,20-,21+,22+;;;;;/m0...../s1. The van der Waals surface area contributed by atoms with Gasteiger partial charge in [-0.15, -0.1) is 21.8 Å². The summed E-state index contributed by atoms with van der Waals surface area (Å²) in [6.45, 7) is 2.41. The average molecular weight is 656 g/mol. The van der Waals surface area contributed by atoms with E-state index in [0.29, 0.717) is 11.5 Å². The molecule has 1 aliphatic carbocycles. The quantitative estimate of drug-likeness (QED) is 0.497. The minimum absolute atomic E-state index is 0. The first kappa shape index (κ1) is 38.0. The Morgan fingerprint density at radius 1 is 1.05 bits per heavy atom. The lowest BCUT2D eigenvalue weighted by Gasteiger charge is -2.35. The van der Waals surface area contributed by atoms with Gasteiger partial charge in [0.1, 0.15) is 37.4 Å². The molecule has 5 rings (SSSR count). The van der Waals surface area contributed by atoms with Crippen LogP contribution in [0, 0.1) is 11.8 Å². The van der Waals surface area contributed by atoms with E-state index in [-0.39, 0.29) is 104 Å². The summed E-state index contributed by atoms with van der Waals surface area (Å²) in [4.78, 5) is 41.1. The lowest BCUT2D eigenvalue weighted by molar-refractivity contribution is -0.139. The van der Waals surface area contributed by atoms with Crippen molar-refractivity contribution in [2.24, 2.45) is 11.8 Å². The number of fused-ring (bicyclic) bond motifs is 1. The number of amides is 2. The van der Waals surface area contributed by atoms with E-state index in [4.69, 9.17) is 16.3 Å². The monoisotopic (exact) mass is 655 g/mol. The van der Waals surface area contributed by atoms with Gasteiger partial charge in [0.2, 0.25) is 5.91 Å². The Bertz CT molecular complexity index is 1090. The van der Waals surface area contributed by atoms with Crippen molar-refractivity contribution in [3.8, 4) is 5.69 Å². The number of carbonyl (C=O) groups is 3. The number of carbonyl (C=O) groups excluding carboxylic acids is 3. The Morgan fingerprint density at radius 2 is 1.69 bits per heavy atom. The molecular formula is C24H38ClN5O4S5. The van der Waals surface area contributed by atoms with Gasteiger partial charge in [-0.05, 0) is 42.9 Å². The number of hydrogen-bond donors (Lipinski definition) is 1. The number of alkyl halides is 1. The van der Waals surface area contributed by atoms with Crippen LogP contribution in [0.1, 0.15) is 43.0 Å². The number of rotatable bonds is 5. The minimum Gasteiger partial charge on any atom is -0.366 e. The van der Waals surface area contributed by atoms with Crippen LogP contribution in [0.4, 0.5) is 0 Å². The van der Waals surface area contributed by atoms with Gasteiger partial charge in [0.25, 0.3) is 5.91 Å². The highest BCUT2D eigenvalue weighted by Gasteiger charge is 2.53. The third kappa shape index (κ3) is 8.04. The normalized spacial score (nSPS) is 25.8. The Labute approximate surface area is 268 Å². The largest absolute Gasteiger partial charge is 0.366 e. The number of nitrogens with one attached hydrogen (secondary N) is 1. The van der Waals surface area contributed by atoms with E-state index in [1.54, 1.807) is 35.4 Å². The number of likely N-dealkylation sites (tertiary alicyclic amines) is 1. The van der Waals surface area contributed by atoms with Crippen molar-refractivity contribution in [3.63, 3.8) is 0 Å². The molecule has 4 atom stereocenters. The molecule has 2 amide bonds. The molecule has 1 N–H and O–H groups in total. The highest BCUT2D eigenvalue weighted by molar-refractivity contribution is 7.60. The SMILES string of the molecule is CC1CCC([C@H](NC(=O)c2cccc(-n3cnnc3)c2)C(=O)N2C[C@H](Cl)[C@H]3OCC(=O)[C@H]32)CC1.S.S.S.S.S.